The molecule has 0 heterocycles. The number of carbonyl (C=O) groups excluding carboxylic acids is 1. The largest absolute Gasteiger partial charge is 0.378 e. The third-order valence-corrected chi connectivity index (χ3v) is 3.43. The number of rotatable bonds is 6. The lowest BCUT2D eigenvalue weighted by Gasteiger charge is -2.33. The van der Waals surface area contributed by atoms with Crippen LogP contribution in [0, 0.1) is 0 Å². The van der Waals surface area contributed by atoms with E-state index < -0.39 is 6.10 Å². The van der Waals surface area contributed by atoms with Crippen LogP contribution in [0.25, 0.3) is 5.57 Å². The summed E-state index contributed by atoms with van der Waals surface area (Å²) in [5.74, 6) is -0.233. The van der Waals surface area contributed by atoms with Gasteiger partial charge in [-0.05, 0) is 45.3 Å². The van der Waals surface area contributed by atoms with Gasteiger partial charge in [-0.3, -0.25) is 4.79 Å². The second-order valence-corrected chi connectivity index (χ2v) is 5.77. The van der Waals surface area contributed by atoms with Crippen molar-refractivity contribution in [2.24, 2.45) is 0 Å². The SMILES string of the molecule is CC/C=C(\c1ccccc1)C(O)C(=O)N(C(C)C)C(C)C. The van der Waals surface area contributed by atoms with E-state index in [0.717, 1.165) is 12.0 Å². The summed E-state index contributed by atoms with van der Waals surface area (Å²) in [5, 5.41) is 10.6. The molecule has 1 unspecified atom stereocenters. The van der Waals surface area contributed by atoms with Crippen molar-refractivity contribution in [2.45, 2.75) is 59.2 Å². The van der Waals surface area contributed by atoms with E-state index in [9.17, 15) is 9.90 Å². The van der Waals surface area contributed by atoms with Crippen LogP contribution >= 0.6 is 0 Å². The van der Waals surface area contributed by atoms with E-state index >= 15 is 0 Å². The number of benzene rings is 1. The van der Waals surface area contributed by atoms with Crippen molar-refractivity contribution in [2.75, 3.05) is 0 Å². The number of nitrogens with zero attached hydrogens (tertiary/aromatic N) is 1. The lowest BCUT2D eigenvalue weighted by molar-refractivity contribution is -0.141. The van der Waals surface area contributed by atoms with Gasteiger partial charge in [0.25, 0.3) is 5.91 Å². The summed E-state index contributed by atoms with van der Waals surface area (Å²) in [4.78, 5) is 14.4. The van der Waals surface area contributed by atoms with Crippen LogP contribution in [0.15, 0.2) is 36.4 Å². The summed E-state index contributed by atoms with van der Waals surface area (Å²) in [6.07, 6.45) is 1.59. The molecule has 1 aromatic carbocycles. The minimum Gasteiger partial charge on any atom is -0.378 e. The van der Waals surface area contributed by atoms with Crippen LogP contribution in [0.4, 0.5) is 0 Å². The molecule has 0 bridgehead atoms. The average molecular weight is 289 g/mol. The number of hydrogen-bond acceptors (Lipinski definition) is 2. The molecule has 0 aliphatic carbocycles. The Morgan fingerprint density at radius 2 is 1.67 bits per heavy atom. The molecule has 0 saturated carbocycles. The van der Waals surface area contributed by atoms with Crippen molar-refractivity contribution >= 4 is 11.5 Å². The molecular formula is C18H27NO2. The lowest BCUT2D eigenvalue weighted by Crippen LogP contribution is -2.47. The highest BCUT2D eigenvalue weighted by Gasteiger charge is 2.29. The number of allylic oxidation sites excluding steroid dienone is 1. The fourth-order valence-electron chi connectivity index (χ4n) is 2.62. The molecule has 1 atom stereocenters. The molecule has 0 aliphatic rings. The first-order valence-corrected chi connectivity index (χ1v) is 7.65. The molecule has 0 saturated heterocycles. The Bertz CT molecular complexity index is 469. The van der Waals surface area contributed by atoms with Crippen molar-refractivity contribution in [3.63, 3.8) is 0 Å². The van der Waals surface area contributed by atoms with E-state index in [1.165, 1.54) is 0 Å². The van der Waals surface area contributed by atoms with Gasteiger partial charge in [0, 0.05) is 12.1 Å². The Labute approximate surface area is 128 Å². The molecule has 0 aliphatic heterocycles. The van der Waals surface area contributed by atoms with Gasteiger partial charge in [-0.25, -0.2) is 0 Å². The molecule has 3 nitrogen and oxygen atoms in total. The van der Waals surface area contributed by atoms with Crippen LogP contribution in [0.1, 0.15) is 46.6 Å². The van der Waals surface area contributed by atoms with Gasteiger partial charge in [0.1, 0.15) is 0 Å². The van der Waals surface area contributed by atoms with Crippen LogP contribution in [0.2, 0.25) is 0 Å². The quantitative estimate of drug-likeness (QED) is 0.871. The van der Waals surface area contributed by atoms with Crippen molar-refractivity contribution in [1.29, 1.82) is 0 Å². The molecule has 1 rings (SSSR count). The number of hydrogen-bond donors (Lipinski definition) is 1. The van der Waals surface area contributed by atoms with Crippen LogP contribution in [-0.2, 0) is 4.79 Å². The first-order valence-electron chi connectivity index (χ1n) is 7.65. The zero-order valence-corrected chi connectivity index (χ0v) is 13.7. The van der Waals surface area contributed by atoms with Gasteiger partial charge in [-0.1, -0.05) is 43.3 Å². The van der Waals surface area contributed by atoms with E-state index in [-0.39, 0.29) is 18.0 Å². The van der Waals surface area contributed by atoms with Gasteiger partial charge < -0.3 is 10.0 Å². The minimum atomic E-state index is -1.11. The van der Waals surface area contributed by atoms with Crippen LogP contribution in [0.5, 0.6) is 0 Å². The summed E-state index contributed by atoms with van der Waals surface area (Å²) >= 11 is 0. The monoisotopic (exact) mass is 289 g/mol. The number of carbonyl (C=O) groups is 1. The van der Waals surface area contributed by atoms with Gasteiger partial charge in [0.05, 0.1) is 0 Å². The van der Waals surface area contributed by atoms with E-state index in [4.69, 9.17) is 0 Å². The summed E-state index contributed by atoms with van der Waals surface area (Å²) in [5.41, 5.74) is 1.59. The maximum atomic E-state index is 12.7. The number of amides is 1. The Balaban J connectivity index is 3.10. The maximum Gasteiger partial charge on any atom is 0.256 e. The second-order valence-electron chi connectivity index (χ2n) is 5.77. The highest BCUT2D eigenvalue weighted by Crippen LogP contribution is 2.22. The first kappa shape index (κ1) is 17.4. The van der Waals surface area contributed by atoms with Gasteiger partial charge in [-0.15, -0.1) is 0 Å². The summed E-state index contributed by atoms with van der Waals surface area (Å²) < 4.78 is 0. The van der Waals surface area contributed by atoms with Gasteiger partial charge in [0.2, 0.25) is 0 Å². The lowest BCUT2D eigenvalue weighted by atomic mass is 9.97. The number of aliphatic hydroxyl groups is 1. The van der Waals surface area contributed by atoms with Crippen molar-refractivity contribution in [1.82, 2.24) is 4.90 Å². The second kappa shape index (κ2) is 7.99. The molecule has 1 amide bonds. The number of aliphatic hydroxyl groups excluding tert-OH is 1. The van der Waals surface area contributed by atoms with Gasteiger partial charge in [0.15, 0.2) is 6.10 Å². The summed E-state index contributed by atoms with van der Waals surface area (Å²) in [6, 6.07) is 9.73. The van der Waals surface area contributed by atoms with Crippen molar-refractivity contribution in [3.05, 3.63) is 42.0 Å². The van der Waals surface area contributed by atoms with Crippen molar-refractivity contribution in [3.8, 4) is 0 Å². The summed E-state index contributed by atoms with van der Waals surface area (Å²) in [7, 11) is 0. The molecule has 0 spiro atoms. The van der Waals surface area contributed by atoms with Crippen LogP contribution < -0.4 is 0 Å². The van der Waals surface area contributed by atoms with Crippen LogP contribution in [-0.4, -0.2) is 34.1 Å². The van der Waals surface area contributed by atoms with Gasteiger partial charge in [-0.2, -0.15) is 0 Å². The molecule has 0 aromatic heterocycles. The molecule has 116 valence electrons. The zero-order valence-electron chi connectivity index (χ0n) is 13.7. The Morgan fingerprint density at radius 1 is 1.14 bits per heavy atom. The molecule has 3 heteroatoms. The van der Waals surface area contributed by atoms with Crippen molar-refractivity contribution < 1.29 is 9.90 Å². The predicted octanol–water partition coefficient (Wildman–Crippen LogP) is 3.49. The van der Waals surface area contributed by atoms with Crippen LogP contribution in [0.3, 0.4) is 0 Å². The highest BCUT2D eigenvalue weighted by atomic mass is 16.3. The first-order chi connectivity index (χ1) is 9.90. The third kappa shape index (κ3) is 4.43. The van der Waals surface area contributed by atoms with E-state index in [2.05, 4.69) is 0 Å². The molecule has 0 fully saturated rings. The Morgan fingerprint density at radius 3 is 2.10 bits per heavy atom. The fourth-order valence-corrected chi connectivity index (χ4v) is 2.62. The standard InChI is InChI=1S/C18H27NO2/c1-6-10-16(15-11-8-7-9-12-15)17(20)18(21)19(13(2)3)14(4)5/h7-14,17,20H,6H2,1-5H3/b16-10+. The van der Waals surface area contributed by atoms with E-state index in [1.54, 1.807) is 4.90 Å². The predicted molar refractivity (Wildman–Crippen MR) is 87.8 cm³/mol. The highest BCUT2D eigenvalue weighted by molar-refractivity contribution is 5.94. The zero-order chi connectivity index (χ0) is 16.0. The molecular weight excluding hydrogens is 262 g/mol. The average Bonchev–Trinajstić information content (AvgIpc) is 2.44. The smallest absolute Gasteiger partial charge is 0.256 e. The Kier molecular flexibility index (Phi) is 6.63. The molecule has 1 N–H and O–H groups in total. The van der Waals surface area contributed by atoms with E-state index in [1.807, 2.05) is 71.0 Å². The molecule has 1 aromatic rings. The normalized spacial score (nSPS) is 13.6. The molecule has 0 radical (unpaired) electrons. The summed E-state index contributed by atoms with van der Waals surface area (Å²) in [6.45, 7) is 9.88. The Hall–Kier alpha value is -1.61. The third-order valence-electron chi connectivity index (χ3n) is 3.43. The topological polar surface area (TPSA) is 40.5 Å². The van der Waals surface area contributed by atoms with Gasteiger partial charge >= 0.3 is 0 Å². The minimum absolute atomic E-state index is 0.0609. The molecule has 21 heavy (non-hydrogen) atoms. The maximum absolute atomic E-state index is 12.7. The van der Waals surface area contributed by atoms with E-state index in [0.29, 0.717) is 5.57 Å². The fraction of sp³-hybridized carbons (Fsp3) is 0.500.